The fourth-order valence-corrected chi connectivity index (χ4v) is 8.08. The summed E-state index contributed by atoms with van der Waals surface area (Å²) < 4.78 is 81.6. The van der Waals surface area contributed by atoms with Crippen LogP contribution in [0.3, 0.4) is 0 Å². The molecule has 0 N–H and O–H groups in total. The van der Waals surface area contributed by atoms with Gasteiger partial charge in [-0.2, -0.15) is 26.3 Å². The quantitative estimate of drug-likeness (QED) is 0.180. The molecule has 7 heteroatoms. The number of benzene rings is 4. The first-order chi connectivity index (χ1) is 25.6. The van der Waals surface area contributed by atoms with Gasteiger partial charge in [-0.05, 0) is 112 Å². The van der Waals surface area contributed by atoms with Crippen LogP contribution < -0.4 is 4.90 Å². The number of hydrogen-bond donors (Lipinski definition) is 0. The van der Waals surface area contributed by atoms with E-state index in [9.17, 15) is 26.3 Å². The van der Waals surface area contributed by atoms with Gasteiger partial charge in [0.15, 0.2) is 0 Å². The molecule has 0 bridgehead atoms. The lowest BCUT2D eigenvalue weighted by Gasteiger charge is -2.38. The molecule has 53 heavy (non-hydrogen) atoms. The standard InChI is InChI=1S/C46H35F6N/c47-45(48,49)34-22-15-31(16-23-34)43-39-13-7-8-14-40(39)44(32-17-24-35(25-18-32)46(50,51)52)42-29-33(21-28-41(42)43)30-19-26-38(27-20-30)53(36-9-3-1-4-10-36)37-11-5-2-6-12-37/h1-11,13,15-28,33,37,40H,12,14,29H2/t33-,37?,40?/m0/s1. The Morgan fingerprint density at radius 1 is 0.585 bits per heavy atom. The minimum Gasteiger partial charge on any atom is -0.334 e. The lowest BCUT2D eigenvalue weighted by Crippen LogP contribution is -2.29. The molecule has 0 radical (unpaired) electrons. The van der Waals surface area contributed by atoms with Gasteiger partial charge in [0.1, 0.15) is 0 Å². The van der Waals surface area contributed by atoms with E-state index in [1.807, 2.05) is 36.4 Å². The summed E-state index contributed by atoms with van der Waals surface area (Å²) in [5.74, 6) is -0.215. The molecule has 0 saturated carbocycles. The Kier molecular flexibility index (Phi) is 8.97. The van der Waals surface area contributed by atoms with Crippen molar-refractivity contribution in [2.45, 2.75) is 43.6 Å². The average molecular weight is 716 g/mol. The van der Waals surface area contributed by atoms with Crippen molar-refractivity contribution in [2.75, 3.05) is 4.90 Å². The molecule has 4 aromatic rings. The van der Waals surface area contributed by atoms with Crippen molar-refractivity contribution in [1.29, 1.82) is 0 Å². The maximum atomic E-state index is 13.6. The van der Waals surface area contributed by atoms with Gasteiger partial charge in [0.2, 0.25) is 0 Å². The van der Waals surface area contributed by atoms with Crippen molar-refractivity contribution in [1.82, 2.24) is 0 Å². The summed E-state index contributed by atoms with van der Waals surface area (Å²) in [6.07, 6.45) is 11.8. The molecule has 8 rings (SSSR count). The lowest BCUT2D eigenvalue weighted by molar-refractivity contribution is -0.138. The van der Waals surface area contributed by atoms with Gasteiger partial charge in [-0.25, -0.2) is 0 Å². The number of para-hydroxylation sites is 1. The van der Waals surface area contributed by atoms with Gasteiger partial charge in [0.05, 0.1) is 17.2 Å². The molecule has 0 spiro atoms. The van der Waals surface area contributed by atoms with Gasteiger partial charge in [0.25, 0.3) is 0 Å². The van der Waals surface area contributed by atoms with E-state index in [0.29, 0.717) is 24.0 Å². The van der Waals surface area contributed by atoms with E-state index in [1.54, 1.807) is 12.1 Å². The van der Waals surface area contributed by atoms with Crippen LogP contribution in [0.1, 0.15) is 53.0 Å². The zero-order chi connectivity index (χ0) is 36.7. The number of alkyl halides is 6. The van der Waals surface area contributed by atoms with Crippen molar-refractivity contribution in [3.05, 3.63) is 202 Å². The van der Waals surface area contributed by atoms with E-state index < -0.39 is 23.5 Å². The Bertz CT molecular complexity index is 2210. The molecule has 3 atom stereocenters. The predicted molar refractivity (Wildman–Crippen MR) is 200 cm³/mol. The third kappa shape index (κ3) is 6.76. The van der Waals surface area contributed by atoms with Gasteiger partial charge in [-0.1, -0.05) is 109 Å². The van der Waals surface area contributed by atoms with Crippen LogP contribution in [0.2, 0.25) is 0 Å². The average Bonchev–Trinajstić information content (AvgIpc) is 3.17. The Labute approximate surface area is 305 Å². The van der Waals surface area contributed by atoms with Crippen LogP contribution >= 0.6 is 0 Å². The third-order valence-corrected chi connectivity index (χ3v) is 10.6. The molecule has 0 amide bonds. The molecular formula is C46H35F6N. The fourth-order valence-electron chi connectivity index (χ4n) is 8.08. The second-order valence-corrected chi connectivity index (χ2v) is 13.8. The molecule has 4 aliphatic carbocycles. The monoisotopic (exact) mass is 715 g/mol. The van der Waals surface area contributed by atoms with Gasteiger partial charge in [-0.15, -0.1) is 0 Å². The van der Waals surface area contributed by atoms with Crippen LogP contribution in [0.4, 0.5) is 37.7 Å². The van der Waals surface area contributed by atoms with Crippen molar-refractivity contribution in [3.8, 4) is 0 Å². The Balaban J connectivity index is 1.23. The molecule has 1 nitrogen and oxygen atoms in total. The molecule has 0 saturated heterocycles. The first-order valence-corrected chi connectivity index (χ1v) is 17.7. The number of hydrogen-bond acceptors (Lipinski definition) is 1. The maximum Gasteiger partial charge on any atom is 0.416 e. The summed E-state index contributed by atoms with van der Waals surface area (Å²) in [7, 11) is 0. The Morgan fingerprint density at radius 3 is 1.83 bits per heavy atom. The van der Waals surface area contributed by atoms with Gasteiger partial charge in [0, 0.05) is 23.2 Å². The molecule has 0 heterocycles. The van der Waals surface area contributed by atoms with E-state index in [2.05, 4.69) is 77.8 Å². The minimum absolute atomic E-state index is 0.0338. The summed E-state index contributed by atoms with van der Waals surface area (Å²) in [5.41, 5.74) is 7.83. The number of nitrogens with zero attached hydrogens (tertiary/aromatic N) is 1. The number of allylic oxidation sites excluding steroid dienone is 12. The smallest absolute Gasteiger partial charge is 0.334 e. The molecule has 4 aliphatic rings. The van der Waals surface area contributed by atoms with Crippen LogP contribution in [-0.2, 0) is 12.4 Å². The Hall–Kier alpha value is -5.56. The molecule has 0 aromatic heterocycles. The van der Waals surface area contributed by atoms with Gasteiger partial charge in [-0.3, -0.25) is 0 Å². The van der Waals surface area contributed by atoms with E-state index >= 15 is 0 Å². The molecule has 0 aliphatic heterocycles. The normalized spacial score (nSPS) is 21.0. The van der Waals surface area contributed by atoms with Crippen LogP contribution in [0.25, 0.3) is 11.1 Å². The zero-order valence-electron chi connectivity index (χ0n) is 28.6. The highest BCUT2D eigenvalue weighted by molar-refractivity contribution is 5.97. The minimum atomic E-state index is -4.47. The first-order valence-electron chi connectivity index (χ1n) is 17.7. The number of anilines is 2. The summed E-state index contributed by atoms with van der Waals surface area (Å²) in [6, 6.07) is 29.6. The van der Waals surface area contributed by atoms with Gasteiger partial charge >= 0.3 is 12.4 Å². The van der Waals surface area contributed by atoms with Crippen LogP contribution in [0, 0.1) is 5.92 Å². The SMILES string of the molecule is FC(F)(F)c1ccc(C2=C3C=C[C@H](c4ccc(N(c5ccccc5)C5C=CC=CC5)cc4)CC3=C(c3ccc(C(F)(F)F)cc3)C3CC=CC=C23)cc1. The summed E-state index contributed by atoms with van der Waals surface area (Å²) in [4.78, 5) is 2.33. The fraction of sp³-hybridized carbons (Fsp3) is 0.174. The van der Waals surface area contributed by atoms with E-state index in [0.717, 1.165) is 75.5 Å². The van der Waals surface area contributed by atoms with Crippen LogP contribution in [-0.4, -0.2) is 6.04 Å². The maximum absolute atomic E-state index is 13.6. The van der Waals surface area contributed by atoms with Gasteiger partial charge < -0.3 is 4.90 Å². The second kappa shape index (κ2) is 13.8. The summed E-state index contributed by atoms with van der Waals surface area (Å²) in [6.45, 7) is 0. The second-order valence-electron chi connectivity index (χ2n) is 13.8. The van der Waals surface area contributed by atoms with Crippen molar-refractivity contribution in [3.63, 3.8) is 0 Å². The highest BCUT2D eigenvalue weighted by atomic mass is 19.4. The van der Waals surface area contributed by atoms with Crippen LogP contribution in [0.15, 0.2) is 175 Å². The summed E-state index contributed by atoms with van der Waals surface area (Å²) >= 11 is 0. The predicted octanol–water partition coefficient (Wildman–Crippen LogP) is 13.2. The van der Waals surface area contributed by atoms with Crippen molar-refractivity contribution >= 4 is 22.5 Å². The molecular weight excluding hydrogens is 681 g/mol. The largest absolute Gasteiger partial charge is 0.416 e. The number of rotatable bonds is 6. The number of fused-ring (bicyclic) bond motifs is 2. The van der Waals surface area contributed by atoms with Crippen molar-refractivity contribution < 1.29 is 26.3 Å². The van der Waals surface area contributed by atoms with E-state index in [-0.39, 0.29) is 17.9 Å². The lowest BCUT2D eigenvalue weighted by atomic mass is 9.65. The zero-order valence-corrected chi connectivity index (χ0v) is 28.6. The topological polar surface area (TPSA) is 3.24 Å². The Morgan fingerprint density at radius 2 is 1.21 bits per heavy atom. The molecule has 0 fully saturated rings. The first kappa shape index (κ1) is 34.5. The highest BCUT2D eigenvalue weighted by Crippen LogP contribution is 2.54. The van der Waals surface area contributed by atoms with Crippen molar-refractivity contribution in [2.24, 2.45) is 5.92 Å². The van der Waals surface area contributed by atoms with Crippen LogP contribution in [0.5, 0.6) is 0 Å². The third-order valence-electron chi connectivity index (χ3n) is 10.6. The van der Waals surface area contributed by atoms with E-state index in [1.165, 1.54) is 12.1 Å². The highest BCUT2D eigenvalue weighted by Gasteiger charge is 2.38. The molecule has 266 valence electrons. The number of halogens is 6. The molecule has 4 aromatic carbocycles. The summed E-state index contributed by atoms with van der Waals surface area (Å²) in [5, 5.41) is 0. The van der Waals surface area contributed by atoms with E-state index in [4.69, 9.17) is 0 Å². The molecule has 2 unspecified atom stereocenters.